The Morgan fingerprint density at radius 2 is 1.81 bits per heavy atom. The van der Waals surface area contributed by atoms with Crippen molar-refractivity contribution in [1.82, 2.24) is 0 Å². The van der Waals surface area contributed by atoms with Crippen molar-refractivity contribution >= 4 is 35.0 Å². The van der Waals surface area contributed by atoms with Crippen LogP contribution in [-0.2, 0) is 11.2 Å². The summed E-state index contributed by atoms with van der Waals surface area (Å²) in [6.07, 6.45) is 0.848. The van der Waals surface area contributed by atoms with Crippen molar-refractivity contribution in [1.29, 1.82) is 0 Å². The maximum absolute atomic E-state index is 11.0. The smallest absolute Gasteiger partial charge is 0.221 e. The molecule has 0 aliphatic rings. The van der Waals surface area contributed by atoms with Crippen molar-refractivity contribution in [2.75, 3.05) is 5.73 Å². The second-order valence-corrected chi connectivity index (χ2v) is 5.00. The summed E-state index contributed by atoms with van der Waals surface area (Å²) in [6, 6.07) is 12.3. The van der Waals surface area contributed by atoms with E-state index in [0.29, 0.717) is 27.2 Å². The quantitative estimate of drug-likeness (QED) is 0.382. The number of benzene rings is 2. The van der Waals surface area contributed by atoms with Gasteiger partial charge >= 0.3 is 0 Å². The number of aldehydes is 1. The van der Waals surface area contributed by atoms with Gasteiger partial charge in [-0.2, -0.15) is 0 Å². The maximum Gasteiger partial charge on any atom is 0.221 e. The number of para-hydroxylation sites is 1. The summed E-state index contributed by atoms with van der Waals surface area (Å²) >= 11 is 5.44. The molecule has 4 N–H and O–H groups in total. The molecule has 0 saturated heterocycles. The molecular weight excluding hydrogens is 284 g/mol. The highest BCUT2D eigenvalue weighted by Gasteiger charge is 2.12. The molecule has 0 heterocycles. The zero-order valence-electron chi connectivity index (χ0n) is 11.2. The molecule has 0 aromatic heterocycles. The first-order valence-electron chi connectivity index (χ1n) is 6.28. The minimum absolute atomic E-state index is 0.0758. The molecule has 0 unspecified atom stereocenters. The number of primary amides is 1. The number of nitrogen functional groups attached to an aromatic ring is 1. The van der Waals surface area contributed by atoms with Gasteiger partial charge in [0.25, 0.3) is 0 Å². The van der Waals surface area contributed by atoms with Crippen molar-refractivity contribution in [2.45, 2.75) is 6.42 Å². The molecule has 5 heteroatoms. The predicted octanol–water partition coefficient (Wildman–Crippen LogP) is 1.88. The number of anilines is 1. The fourth-order valence-corrected chi connectivity index (χ4v) is 2.34. The molecule has 0 saturated carbocycles. The van der Waals surface area contributed by atoms with Crippen LogP contribution < -0.4 is 11.5 Å². The van der Waals surface area contributed by atoms with Crippen LogP contribution in [0.25, 0.3) is 0 Å². The Balaban J connectivity index is 2.38. The summed E-state index contributed by atoms with van der Waals surface area (Å²) in [7, 11) is 0. The van der Waals surface area contributed by atoms with Crippen LogP contribution in [0.5, 0.6) is 0 Å². The molecule has 2 aromatic carbocycles. The van der Waals surface area contributed by atoms with Crippen LogP contribution in [0.1, 0.15) is 27.0 Å². The van der Waals surface area contributed by atoms with Gasteiger partial charge in [-0.05, 0) is 11.1 Å². The summed E-state index contributed by atoms with van der Waals surface area (Å²) in [5.41, 5.74) is 14.4. The second kappa shape index (κ2) is 6.28. The Labute approximate surface area is 127 Å². The third-order valence-corrected chi connectivity index (χ3v) is 3.57. The van der Waals surface area contributed by atoms with E-state index in [-0.39, 0.29) is 6.42 Å². The molecule has 21 heavy (non-hydrogen) atoms. The molecule has 2 aromatic rings. The lowest BCUT2D eigenvalue weighted by atomic mass is 9.98. The minimum Gasteiger partial charge on any atom is -0.398 e. The normalized spacial score (nSPS) is 10.1. The van der Waals surface area contributed by atoms with Gasteiger partial charge in [0.15, 0.2) is 0 Å². The zero-order valence-corrected chi connectivity index (χ0v) is 12.0. The van der Waals surface area contributed by atoms with Crippen LogP contribution >= 0.6 is 12.2 Å². The maximum atomic E-state index is 11.0. The highest BCUT2D eigenvalue weighted by Crippen LogP contribution is 2.22. The summed E-state index contributed by atoms with van der Waals surface area (Å²) < 4.78 is 0. The van der Waals surface area contributed by atoms with E-state index >= 15 is 0 Å². The number of thiocarbonyl (C=S) groups is 1. The summed E-state index contributed by atoms with van der Waals surface area (Å²) in [5.74, 6) is -0.444. The first kappa shape index (κ1) is 14.9. The Hall–Kier alpha value is -2.53. The first-order valence-corrected chi connectivity index (χ1v) is 6.69. The van der Waals surface area contributed by atoms with E-state index < -0.39 is 5.91 Å². The van der Waals surface area contributed by atoms with Crippen LogP contribution in [0.3, 0.4) is 0 Å². The van der Waals surface area contributed by atoms with Crippen molar-refractivity contribution in [3.63, 3.8) is 0 Å². The van der Waals surface area contributed by atoms with Gasteiger partial charge in [0.2, 0.25) is 5.91 Å². The van der Waals surface area contributed by atoms with Gasteiger partial charge in [-0.1, -0.05) is 54.7 Å². The summed E-state index contributed by atoms with van der Waals surface area (Å²) in [6.45, 7) is 0. The van der Waals surface area contributed by atoms with Gasteiger partial charge in [0.1, 0.15) is 6.29 Å². The monoisotopic (exact) mass is 298 g/mol. The Bertz CT molecular complexity index is 709. The van der Waals surface area contributed by atoms with Crippen molar-refractivity contribution in [2.24, 2.45) is 5.73 Å². The van der Waals surface area contributed by atoms with E-state index in [9.17, 15) is 9.59 Å². The largest absolute Gasteiger partial charge is 0.398 e. The molecule has 0 spiro atoms. The molecule has 2 rings (SSSR count). The lowest BCUT2D eigenvalue weighted by Crippen LogP contribution is -2.16. The molecule has 0 aliphatic heterocycles. The Morgan fingerprint density at radius 1 is 1.14 bits per heavy atom. The fourth-order valence-electron chi connectivity index (χ4n) is 2.02. The van der Waals surface area contributed by atoms with Gasteiger partial charge in [-0.15, -0.1) is 0 Å². The van der Waals surface area contributed by atoms with Crippen molar-refractivity contribution < 1.29 is 9.59 Å². The minimum atomic E-state index is -0.444. The van der Waals surface area contributed by atoms with Crippen LogP contribution in [0.4, 0.5) is 5.69 Å². The van der Waals surface area contributed by atoms with Gasteiger partial charge in [-0.3, -0.25) is 9.59 Å². The number of carbonyl (C=O) groups excluding carboxylic acids is 2. The highest BCUT2D eigenvalue weighted by atomic mass is 32.1. The summed E-state index contributed by atoms with van der Waals surface area (Å²) in [5, 5.41) is 0. The van der Waals surface area contributed by atoms with Crippen molar-refractivity contribution in [3.8, 4) is 0 Å². The molecule has 0 atom stereocenters. The average molecular weight is 298 g/mol. The molecule has 106 valence electrons. The van der Waals surface area contributed by atoms with Crippen LogP contribution in [0.2, 0.25) is 0 Å². The van der Waals surface area contributed by atoms with Gasteiger partial charge < -0.3 is 11.5 Å². The molecule has 4 nitrogen and oxygen atoms in total. The lowest BCUT2D eigenvalue weighted by Gasteiger charge is -2.11. The van der Waals surface area contributed by atoms with E-state index in [1.165, 1.54) is 0 Å². The van der Waals surface area contributed by atoms with E-state index in [4.69, 9.17) is 23.7 Å². The standard InChI is InChI=1S/C16H14N2O2S/c17-14(20)8-12-2-1-3-13(15(12)18)16(21)11-6-4-10(9-19)5-7-11/h1-7,9H,8,18H2,(H2,17,20). The van der Waals surface area contributed by atoms with E-state index in [0.717, 1.165) is 11.8 Å². The molecule has 0 fully saturated rings. The molecular formula is C16H14N2O2S. The average Bonchev–Trinajstić information content (AvgIpc) is 2.48. The first-order chi connectivity index (χ1) is 10.0. The number of carbonyl (C=O) groups is 2. The Morgan fingerprint density at radius 3 is 2.38 bits per heavy atom. The van der Waals surface area contributed by atoms with Gasteiger partial charge in [0.05, 0.1) is 11.3 Å². The molecule has 0 radical (unpaired) electrons. The molecule has 0 bridgehead atoms. The predicted molar refractivity (Wildman–Crippen MR) is 86.4 cm³/mol. The van der Waals surface area contributed by atoms with E-state index in [1.54, 1.807) is 42.5 Å². The fraction of sp³-hybridized carbons (Fsp3) is 0.0625. The van der Waals surface area contributed by atoms with Gasteiger partial charge in [0, 0.05) is 16.8 Å². The highest BCUT2D eigenvalue weighted by molar-refractivity contribution is 7.81. The van der Waals surface area contributed by atoms with Gasteiger partial charge in [-0.25, -0.2) is 0 Å². The van der Waals surface area contributed by atoms with Crippen molar-refractivity contribution in [3.05, 3.63) is 64.7 Å². The Kier molecular flexibility index (Phi) is 4.45. The molecule has 1 amide bonds. The van der Waals surface area contributed by atoms with E-state index in [1.807, 2.05) is 0 Å². The number of rotatable bonds is 5. The topological polar surface area (TPSA) is 86.2 Å². The number of hydrogen-bond acceptors (Lipinski definition) is 4. The molecule has 0 aliphatic carbocycles. The third kappa shape index (κ3) is 3.32. The van der Waals surface area contributed by atoms with Crippen LogP contribution in [0, 0.1) is 0 Å². The zero-order chi connectivity index (χ0) is 15.4. The number of hydrogen-bond donors (Lipinski definition) is 2. The van der Waals surface area contributed by atoms with E-state index in [2.05, 4.69) is 0 Å². The van der Waals surface area contributed by atoms with Crippen LogP contribution in [0.15, 0.2) is 42.5 Å². The number of amides is 1. The summed E-state index contributed by atoms with van der Waals surface area (Å²) in [4.78, 5) is 22.3. The number of nitrogens with two attached hydrogens (primary N) is 2. The second-order valence-electron chi connectivity index (χ2n) is 4.59. The third-order valence-electron chi connectivity index (χ3n) is 3.11. The van der Waals surface area contributed by atoms with Crippen LogP contribution in [-0.4, -0.2) is 17.1 Å². The SMILES string of the molecule is NC(=O)Cc1cccc(C(=S)c2ccc(C=O)cc2)c1N. The lowest BCUT2D eigenvalue weighted by molar-refractivity contribution is -0.117.